The molecule has 4 aromatic rings. The molecule has 11 nitrogen and oxygen atoms in total. The number of hydrogen-bond donors (Lipinski definition) is 3. The number of alkyl halides is 3. The van der Waals surface area contributed by atoms with Crippen molar-refractivity contribution in [3.63, 3.8) is 0 Å². The molecule has 0 spiro atoms. The average molecular weight is 989 g/mol. The zero-order valence-electron chi connectivity index (χ0n) is 36.9. The molecular formula is C48H57ClF3N5O6S3. The molecule has 0 bridgehead atoms. The molecule has 1 heterocycles. The first-order valence-electron chi connectivity index (χ1n) is 22.1. The van der Waals surface area contributed by atoms with Crippen molar-refractivity contribution in [1.29, 1.82) is 0 Å². The molecule has 356 valence electrons. The van der Waals surface area contributed by atoms with Gasteiger partial charge in [0.05, 0.1) is 17.2 Å². The van der Waals surface area contributed by atoms with E-state index in [0.29, 0.717) is 36.4 Å². The van der Waals surface area contributed by atoms with Gasteiger partial charge in [0.25, 0.3) is 25.8 Å². The molecule has 0 saturated carbocycles. The Morgan fingerprint density at radius 3 is 2.26 bits per heavy atom. The quantitative estimate of drug-likeness (QED) is 0.0730. The Labute approximate surface area is 396 Å². The summed E-state index contributed by atoms with van der Waals surface area (Å²) < 4.78 is 97.9. The largest absolute Gasteiger partial charge is 0.501 e. The lowest BCUT2D eigenvalue weighted by Crippen LogP contribution is -2.47. The number of aliphatic hydroxyl groups excluding tert-OH is 1. The number of rotatable bonds is 20. The number of anilines is 2. The van der Waals surface area contributed by atoms with Crippen molar-refractivity contribution in [2.24, 2.45) is 0 Å². The van der Waals surface area contributed by atoms with Crippen LogP contribution < -0.4 is 14.9 Å². The zero-order valence-corrected chi connectivity index (χ0v) is 40.1. The van der Waals surface area contributed by atoms with Crippen molar-refractivity contribution in [3.8, 4) is 0 Å². The second-order valence-electron chi connectivity index (χ2n) is 16.3. The van der Waals surface area contributed by atoms with E-state index >= 15 is 0 Å². The number of piperazine rings is 1. The van der Waals surface area contributed by atoms with Crippen LogP contribution in [0.2, 0.25) is 5.02 Å². The number of sulfone groups is 1. The summed E-state index contributed by atoms with van der Waals surface area (Å²) in [5, 5.41) is 13.3. The maximum Gasteiger partial charge on any atom is 0.501 e. The Kier molecular flexibility index (Phi) is 18.1. The van der Waals surface area contributed by atoms with Crippen LogP contribution in [0.25, 0.3) is 5.57 Å². The number of sulfonamides is 1. The van der Waals surface area contributed by atoms with E-state index in [1.54, 1.807) is 12.1 Å². The third-order valence-electron chi connectivity index (χ3n) is 11.6. The van der Waals surface area contributed by atoms with E-state index in [9.17, 15) is 39.9 Å². The Hall–Kier alpha value is -4.52. The summed E-state index contributed by atoms with van der Waals surface area (Å²) in [5.74, 6) is -0.736. The molecule has 1 fully saturated rings. The predicted octanol–water partition coefficient (Wildman–Crippen LogP) is 9.47. The van der Waals surface area contributed by atoms with Crippen LogP contribution in [0, 0.1) is 0 Å². The third kappa shape index (κ3) is 13.8. The molecule has 4 aromatic carbocycles. The van der Waals surface area contributed by atoms with Gasteiger partial charge in [-0.05, 0) is 123 Å². The molecular weight excluding hydrogens is 931 g/mol. The van der Waals surface area contributed by atoms with Crippen LogP contribution in [0.5, 0.6) is 0 Å². The third-order valence-corrected chi connectivity index (χ3v) is 15.9. The number of hydrogen-bond acceptors (Lipinski definition) is 11. The fraction of sp³-hybridized carbons (Fsp3) is 0.396. The number of nitrogens with zero attached hydrogens (tertiary/aromatic N) is 3. The minimum atomic E-state index is -6.09. The van der Waals surface area contributed by atoms with Crippen LogP contribution in [0.4, 0.5) is 24.5 Å². The zero-order chi connectivity index (χ0) is 47.3. The number of thioether (sulfide) groups is 1. The smallest absolute Gasteiger partial charge is 0.395 e. The van der Waals surface area contributed by atoms with Crippen LogP contribution in [0.15, 0.2) is 130 Å². The molecule has 66 heavy (non-hydrogen) atoms. The van der Waals surface area contributed by atoms with Crippen LogP contribution >= 0.6 is 23.4 Å². The molecule has 1 saturated heterocycles. The van der Waals surface area contributed by atoms with Crippen molar-refractivity contribution < 1.29 is 39.9 Å². The standard InChI is InChI=1S/C48H57ClF3N5O6S3/c1-2-3-25-55(31-32-58)26-24-40(35-64-42-11-7-5-8-12-42)53-45-23-22-43(33-46(45)65(60,61)48(50,51)52)66(62,63)54-47(59)37-16-20-41(21-17-37)57-29-27-56(28-30-57)34-38-10-6-4-9-13-44(38)36-14-18-39(49)19-15-36/h3,5,7-8,11-12,14-23,25,33,40,53,58H,2,4,6,9-10,13,24,26-32,34-35H2,1H3,(H,54,59)/b25-3-. The van der Waals surface area contributed by atoms with Crippen LogP contribution in [-0.2, 0) is 19.9 Å². The van der Waals surface area contributed by atoms with Crippen molar-refractivity contribution in [2.75, 3.05) is 68.4 Å². The van der Waals surface area contributed by atoms with Crippen LogP contribution in [-0.4, -0.2) is 107 Å². The molecule has 1 atom stereocenters. The van der Waals surface area contributed by atoms with Crippen molar-refractivity contribution in [3.05, 3.63) is 131 Å². The first-order valence-corrected chi connectivity index (χ1v) is 26.4. The normalized spacial score (nSPS) is 16.0. The summed E-state index contributed by atoms with van der Waals surface area (Å²) >= 11 is 7.58. The van der Waals surface area contributed by atoms with Gasteiger partial charge >= 0.3 is 5.51 Å². The maximum atomic E-state index is 14.2. The highest BCUT2D eigenvalue weighted by molar-refractivity contribution is 7.99. The predicted molar refractivity (Wildman–Crippen MR) is 258 cm³/mol. The minimum absolute atomic E-state index is 0.0137. The first-order chi connectivity index (χ1) is 31.6. The fourth-order valence-corrected chi connectivity index (χ4v) is 11.2. The second-order valence-corrected chi connectivity index (χ2v) is 21.4. The molecule has 3 N–H and O–H groups in total. The number of halogens is 4. The van der Waals surface area contributed by atoms with Gasteiger partial charge in [-0.2, -0.15) is 13.2 Å². The molecule has 0 aromatic heterocycles. The van der Waals surface area contributed by atoms with E-state index in [1.807, 2.05) is 71.3 Å². The number of allylic oxidation sites excluding steroid dienone is 2. The summed E-state index contributed by atoms with van der Waals surface area (Å²) in [6.45, 7) is 6.49. The summed E-state index contributed by atoms with van der Waals surface area (Å²) in [6, 6.07) is 25.5. The Balaban J connectivity index is 1.14. The van der Waals surface area contributed by atoms with E-state index < -0.39 is 52.8 Å². The number of amides is 1. The SMILES string of the molecule is CC/C=C\N(CCO)CCC(CSc1ccccc1)Nc1ccc(S(=O)(=O)NC(=O)c2ccc(N3CCN(CC4=C(c5ccc(Cl)cc5)CCCCC4)CC3)cc2)cc1S(=O)(=O)C(F)(F)F. The molecule has 18 heteroatoms. The first kappa shape index (κ1) is 50.9. The number of carbonyl (C=O) groups excluding carboxylic acids is 1. The van der Waals surface area contributed by atoms with Gasteiger partial charge in [-0.15, -0.1) is 11.8 Å². The van der Waals surface area contributed by atoms with Gasteiger partial charge in [0, 0.05) is 78.8 Å². The van der Waals surface area contributed by atoms with E-state index in [4.69, 9.17) is 11.6 Å². The summed E-state index contributed by atoms with van der Waals surface area (Å²) in [4.78, 5) is 18.6. The minimum Gasteiger partial charge on any atom is -0.395 e. The van der Waals surface area contributed by atoms with Crippen LogP contribution in [0.3, 0.4) is 0 Å². The molecule has 1 unspecified atom stereocenters. The second kappa shape index (κ2) is 23.5. The molecule has 1 aliphatic carbocycles. The van der Waals surface area contributed by atoms with Crippen molar-refractivity contribution in [1.82, 2.24) is 14.5 Å². The Morgan fingerprint density at radius 1 is 0.894 bits per heavy atom. The van der Waals surface area contributed by atoms with E-state index in [2.05, 4.69) is 27.2 Å². The summed E-state index contributed by atoms with van der Waals surface area (Å²) in [5.41, 5.74) is -1.28. The van der Waals surface area contributed by atoms with Crippen molar-refractivity contribution >= 4 is 66.1 Å². The van der Waals surface area contributed by atoms with Gasteiger partial charge in [-0.1, -0.05) is 66.9 Å². The molecule has 0 radical (unpaired) electrons. The maximum absolute atomic E-state index is 14.2. The lowest BCUT2D eigenvalue weighted by atomic mass is 9.95. The topological polar surface area (TPSA) is 139 Å². The van der Waals surface area contributed by atoms with E-state index in [1.165, 1.54) is 53.4 Å². The fourth-order valence-electron chi connectivity index (χ4n) is 8.05. The Morgan fingerprint density at radius 2 is 1.59 bits per heavy atom. The van der Waals surface area contributed by atoms with Gasteiger partial charge in [-0.25, -0.2) is 21.6 Å². The summed E-state index contributed by atoms with van der Waals surface area (Å²) in [6.07, 6.45) is 10.4. The highest BCUT2D eigenvalue weighted by atomic mass is 35.5. The molecule has 1 amide bonds. The molecule has 1 aliphatic heterocycles. The van der Waals surface area contributed by atoms with Gasteiger partial charge in [0.1, 0.15) is 4.90 Å². The van der Waals surface area contributed by atoms with Crippen molar-refractivity contribution in [2.45, 2.75) is 78.1 Å². The van der Waals surface area contributed by atoms with Crippen LogP contribution in [0.1, 0.15) is 67.8 Å². The number of benzene rings is 4. The molecule has 2 aliphatic rings. The van der Waals surface area contributed by atoms with Gasteiger partial charge < -0.3 is 20.2 Å². The highest BCUT2D eigenvalue weighted by Crippen LogP contribution is 2.37. The van der Waals surface area contributed by atoms with E-state index in [-0.39, 0.29) is 12.2 Å². The lowest BCUT2D eigenvalue weighted by molar-refractivity contribution is -0.0435. The van der Waals surface area contributed by atoms with Gasteiger partial charge in [0.15, 0.2) is 0 Å². The Bertz CT molecular complexity index is 2520. The average Bonchev–Trinajstić information content (AvgIpc) is 3.54. The van der Waals surface area contributed by atoms with E-state index in [0.717, 1.165) is 81.1 Å². The summed E-state index contributed by atoms with van der Waals surface area (Å²) in [7, 11) is -11.0. The van der Waals surface area contributed by atoms with Gasteiger partial charge in [-0.3, -0.25) is 9.69 Å². The molecule has 6 rings (SSSR count). The number of carbonyl (C=O) groups is 1. The lowest BCUT2D eigenvalue weighted by Gasteiger charge is -2.37. The monoisotopic (exact) mass is 987 g/mol. The number of aliphatic hydroxyl groups is 1. The van der Waals surface area contributed by atoms with Gasteiger partial charge in [0.2, 0.25) is 0 Å². The number of nitrogens with one attached hydrogen (secondary N) is 2. The highest BCUT2D eigenvalue weighted by Gasteiger charge is 2.48.